The van der Waals surface area contributed by atoms with Crippen LogP contribution in [0.25, 0.3) is 0 Å². The van der Waals surface area contributed by atoms with Crippen molar-refractivity contribution in [2.24, 2.45) is 0 Å². The molecule has 9 heteroatoms. The second kappa shape index (κ2) is 6.95. The number of nitrogens with one attached hydrogen (secondary N) is 2. The van der Waals surface area contributed by atoms with Gasteiger partial charge >= 0.3 is 0 Å². The van der Waals surface area contributed by atoms with Gasteiger partial charge in [-0.2, -0.15) is 0 Å². The van der Waals surface area contributed by atoms with E-state index in [9.17, 15) is 24.9 Å². The van der Waals surface area contributed by atoms with Gasteiger partial charge in [0.1, 0.15) is 18.2 Å². The minimum absolute atomic E-state index is 0.513. The molecule has 0 aromatic carbocycles. The molecular formula is C11H20N2O7. The molecule has 0 radical (unpaired) electrons. The third kappa shape index (κ3) is 3.87. The number of rotatable bonds is 4. The number of amides is 2. The minimum atomic E-state index is -1.55. The van der Waals surface area contributed by atoms with Crippen molar-refractivity contribution >= 4 is 11.8 Å². The van der Waals surface area contributed by atoms with Crippen LogP contribution < -0.4 is 10.6 Å². The maximum absolute atomic E-state index is 11.9. The number of hydrogen-bond acceptors (Lipinski definition) is 7. The molecule has 1 fully saturated rings. The molecule has 1 rings (SSSR count). The van der Waals surface area contributed by atoms with E-state index in [1.807, 2.05) is 0 Å². The fourth-order valence-electron chi connectivity index (χ4n) is 1.93. The Balaban J connectivity index is 2.73. The Labute approximate surface area is 115 Å². The first-order valence-corrected chi connectivity index (χ1v) is 6.16. The lowest BCUT2D eigenvalue weighted by molar-refractivity contribution is -0.251. The molecule has 2 amide bonds. The minimum Gasteiger partial charge on any atom is -0.394 e. The molecule has 0 bridgehead atoms. The number of carbonyl (C=O) groups is 2. The largest absolute Gasteiger partial charge is 0.394 e. The lowest BCUT2D eigenvalue weighted by Crippen LogP contribution is -2.65. The van der Waals surface area contributed by atoms with Crippen molar-refractivity contribution in [3.63, 3.8) is 0 Å². The van der Waals surface area contributed by atoms with E-state index < -0.39 is 55.1 Å². The maximum Gasteiger partial charge on any atom is 0.245 e. The quantitative estimate of drug-likeness (QED) is 0.314. The smallest absolute Gasteiger partial charge is 0.245 e. The van der Waals surface area contributed by atoms with Crippen LogP contribution in [0.1, 0.15) is 13.8 Å². The van der Waals surface area contributed by atoms with Gasteiger partial charge in [-0.3, -0.25) is 9.59 Å². The van der Waals surface area contributed by atoms with Gasteiger partial charge in [-0.05, 0) is 6.92 Å². The third-order valence-corrected chi connectivity index (χ3v) is 3.05. The summed E-state index contributed by atoms with van der Waals surface area (Å²) >= 11 is 0. The highest BCUT2D eigenvalue weighted by Gasteiger charge is 2.43. The second-order valence-corrected chi connectivity index (χ2v) is 4.68. The van der Waals surface area contributed by atoms with Gasteiger partial charge in [-0.15, -0.1) is 0 Å². The van der Waals surface area contributed by atoms with Crippen molar-refractivity contribution in [3.8, 4) is 0 Å². The number of ether oxygens (including phenoxy) is 1. The molecule has 1 heterocycles. The molecule has 20 heavy (non-hydrogen) atoms. The number of carbonyl (C=O) groups excluding carboxylic acids is 2. The highest BCUT2D eigenvalue weighted by Crippen LogP contribution is 2.19. The fraction of sp³-hybridized carbons (Fsp3) is 0.818. The average molecular weight is 292 g/mol. The molecule has 6 N–H and O–H groups in total. The Morgan fingerprint density at radius 2 is 1.85 bits per heavy atom. The number of hydrogen-bond donors (Lipinski definition) is 6. The van der Waals surface area contributed by atoms with Crippen molar-refractivity contribution in [2.75, 3.05) is 6.61 Å². The Hall–Kier alpha value is -1.26. The summed E-state index contributed by atoms with van der Waals surface area (Å²) in [4.78, 5) is 22.7. The van der Waals surface area contributed by atoms with Gasteiger partial charge in [-0.1, -0.05) is 0 Å². The van der Waals surface area contributed by atoms with Crippen LogP contribution >= 0.6 is 0 Å². The van der Waals surface area contributed by atoms with Crippen LogP contribution in [0.5, 0.6) is 0 Å². The zero-order chi connectivity index (χ0) is 15.4. The Morgan fingerprint density at radius 1 is 1.25 bits per heavy atom. The fourth-order valence-corrected chi connectivity index (χ4v) is 1.93. The summed E-state index contributed by atoms with van der Waals surface area (Å²) in [5.74, 6) is -1.30. The van der Waals surface area contributed by atoms with E-state index >= 15 is 0 Å². The molecule has 1 saturated heterocycles. The van der Waals surface area contributed by atoms with E-state index in [4.69, 9.17) is 9.84 Å². The topological polar surface area (TPSA) is 148 Å². The molecule has 9 nitrogen and oxygen atoms in total. The molecule has 1 aliphatic rings. The monoisotopic (exact) mass is 292 g/mol. The Bertz CT molecular complexity index is 351. The third-order valence-electron chi connectivity index (χ3n) is 3.05. The molecule has 0 aliphatic carbocycles. The van der Waals surface area contributed by atoms with Gasteiger partial charge in [0.05, 0.1) is 18.8 Å². The summed E-state index contributed by atoms with van der Waals surface area (Å²) in [5, 5.41) is 42.5. The standard InChI is InChI=1S/C11H20N2O7/c1-4-8(16)7(9(17)11(19)20-4)13-10(18)6(3-14)12-5(2)15/h4,6-9,11,14,16-17,19H,3H2,1-2H3,(H,12,15)(H,13,18)/t4-,6+,7+,8-,9-,11-/m1/s1. The first-order chi connectivity index (χ1) is 9.27. The molecule has 6 atom stereocenters. The van der Waals surface area contributed by atoms with Gasteiger partial charge in [0.2, 0.25) is 11.8 Å². The Morgan fingerprint density at radius 3 is 2.35 bits per heavy atom. The summed E-state index contributed by atoms with van der Waals surface area (Å²) in [7, 11) is 0. The lowest BCUT2D eigenvalue weighted by Gasteiger charge is -2.40. The molecule has 0 aromatic rings. The van der Waals surface area contributed by atoms with E-state index in [2.05, 4.69) is 10.6 Å². The first-order valence-electron chi connectivity index (χ1n) is 6.16. The van der Waals surface area contributed by atoms with Crippen LogP contribution in [-0.4, -0.2) is 75.5 Å². The van der Waals surface area contributed by atoms with Crippen LogP contribution in [0, 0.1) is 0 Å². The summed E-state index contributed by atoms with van der Waals surface area (Å²) in [6.07, 6.45) is -5.12. The van der Waals surface area contributed by atoms with Crippen molar-refractivity contribution < 1.29 is 34.8 Å². The van der Waals surface area contributed by atoms with Gasteiger partial charge < -0.3 is 35.8 Å². The van der Waals surface area contributed by atoms with Crippen molar-refractivity contribution in [2.45, 2.75) is 50.5 Å². The van der Waals surface area contributed by atoms with Gasteiger partial charge in [0, 0.05) is 6.92 Å². The summed E-state index contributed by atoms with van der Waals surface area (Å²) in [5.41, 5.74) is 0. The van der Waals surface area contributed by atoms with E-state index in [1.165, 1.54) is 13.8 Å². The molecule has 1 aliphatic heterocycles. The molecular weight excluding hydrogens is 272 g/mol. The Kier molecular flexibility index (Phi) is 5.84. The van der Waals surface area contributed by atoms with Gasteiger partial charge in [0.25, 0.3) is 0 Å². The molecule has 0 spiro atoms. The molecule has 0 aromatic heterocycles. The van der Waals surface area contributed by atoms with Gasteiger partial charge in [0.15, 0.2) is 6.29 Å². The zero-order valence-corrected chi connectivity index (χ0v) is 11.2. The molecule has 116 valence electrons. The van der Waals surface area contributed by atoms with Crippen LogP contribution in [-0.2, 0) is 14.3 Å². The summed E-state index contributed by atoms with van der Waals surface area (Å²) < 4.78 is 4.86. The highest BCUT2D eigenvalue weighted by atomic mass is 16.6. The second-order valence-electron chi connectivity index (χ2n) is 4.68. The normalized spacial score (nSPS) is 35.2. The van der Waals surface area contributed by atoms with Crippen molar-refractivity contribution in [3.05, 3.63) is 0 Å². The summed E-state index contributed by atoms with van der Waals surface area (Å²) in [6, 6.07) is -2.38. The van der Waals surface area contributed by atoms with Crippen molar-refractivity contribution in [1.29, 1.82) is 0 Å². The predicted octanol–water partition coefficient (Wildman–Crippen LogP) is -3.57. The van der Waals surface area contributed by atoms with E-state index in [-0.39, 0.29) is 0 Å². The number of aliphatic hydroxyl groups excluding tert-OH is 4. The zero-order valence-electron chi connectivity index (χ0n) is 11.2. The highest BCUT2D eigenvalue weighted by molar-refractivity contribution is 5.87. The van der Waals surface area contributed by atoms with Crippen LogP contribution in [0.3, 0.4) is 0 Å². The molecule has 0 unspecified atom stereocenters. The van der Waals surface area contributed by atoms with Crippen LogP contribution in [0.4, 0.5) is 0 Å². The SMILES string of the molecule is CC(=O)N[C@@H](CO)C(=O)N[C@@H]1[C@@H](O)[C@H](O)O[C@H](C)[C@H]1O. The van der Waals surface area contributed by atoms with Crippen molar-refractivity contribution in [1.82, 2.24) is 10.6 Å². The lowest BCUT2D eigenvalue weighted by atomic mass is 9.96. The van der Waals surface area contributed by atoms with Crippen LogP contribution in [0.2, 0.25) is 0 Å². The average Bonchev–Trinajstić information content (AvgIpc) is 2.38. The predicted molar refractivity (Wildman–Crippen MR) is 65.2 cm³/mol. The molecule has 0 saturated carbocycles. The van der Waals surface area contributed by atoms with E-state index in [0.29, 0.717) is 0 Å². The first kappa shape index (κ1) is 16.8. The summed E-state index contributed by atoms with van der Waals surface area (Å²) in [6.45, 7) is 2.01. The van der Waals surface area contributed by atoms with Crippen LogP contribution in [0.15, 0.2) is 0 Å². The maximum atomic E-state index is 11.9. The van der Waals surface area contributed by atoms with E-state index in [1.54, 1.807) is 0 Å². The number of aliphatic hydroxyl groups is 4. The van der Waals surface area contributed by atoms with E-state index in [0.717, 1.165) is 0 Å². The van der Waals surface area contributed by atoms with Gasteiger partial charge in [-0.25, -0.2) is 0 Å².